The molecule has 1 aliphatic heterocycles. The van der Waals surface area contributed by atoms with Crippen LogP contribution >= 0.6 is 34.3 Å². The molecule has 3 heterocycles. The molecule has 0 fully saturated rings. The lowest BCUT2D eigenvalue weighted by molar-refractivity contribution is 0.0635. The summed E-state index contributed by atoms with van der Waals surface area (Å²) in [4.78, 5) is 40.8. The lowest BCUT2D eigenvalue weighted by Crippen LogP contribution is -2.29. The molecule has 0 radical (unpaired) electrons. The number of phenols is 1. The molecular weight excluding hydrogens is 558 g/mol. The molecule has 202 valence electrons. The maximum absolute atomic E-state index is 13.5. The average molecular weight is 584 g/mol. The summed E-state index contributed by atoms with van der Waals surface area (Å²) >= 11 is 8.69. The van der Waals surface area contributed by atoms with Crippen LogP contribution in [0.3, 0.4) is 0 Å². The summed E-state index contributed by atoms with van der Waals surface area (Å²) in [5.74, 6) is -0.225. The van der Waals surface area contributed by atoms with E-state index in [1.54, 1.807) is 54.6 Å². The highest BCUT2D eigenvalue weighted by Crippen LogP contribution is 2.45. The lowest BCUT2D eigenvalue weighted by atomic mass is 9.95. The normalized spacial score (nSPS) is 14.8. The van der Waals surface area contributed by atoms with Gasteiger partial charge in [-0.1, -0.05) is 24.3 Å². The summed E-state index contributed by atoms with van der Waals surface area (Å²) in [5, 5.41) is 21.0. The summed E-state index contributed by atoms with van der Waals surface area (Å²) in [6, 6.07) is 12.4. The monoisotopic (exact) mass is 583 g/mol. The quantitative estimate of drug-likeness (QED) is 0.214. The van der Waals surface area contributed by atoms with Crippen molar-refractivity contribution in [1.82, 2.24) is 0 Å². The standard InChI is InChI=1S/C28H26ClN3O5S2/c1-28(2,3)37-27(36)31-17-8-22(38-14-17)25(34)30-16-9-23(39-13-16)26(35)32-12-15(11-29)24-19-7-5-4-6-18(19)21(33)10-20(24)32/h4-10,13-15,33H,11-12H2,1-3H3,(H,30,34)(H,31,36)/t15-/m1/s1. The third kappa shape index (κ3) is 5.59. The Bertz CT molecular complexity index is 1590. The van der Waals surface area contributed by atoms with Crippen molar-refractivity contribution in [3.05, 3.63) is 68.5 Å². The van der Waals surface area contributed by atoms with Crippen LogP contribution in [0.5, 0.6) is 5.75 Å². The summed E-state index contributed by atoms with van der Waals surface area (Å²) in [5.41, 5.74) is 1.90. The van der Waals surface area contributed by atoms with E-state index in [1.807, 2.05) is 24.3 Å². The number of ether oxygens (including phenoxy) is 1. The molecule has 0 bridgehead atoms. The van der Waals surface area contributed by atoms with Crippen molar-refractivity contribution in [3.63, 3.8) is 0 Å². The maximum Gasteiger partial charge on any atom is 0.412 e. The van der Waals surface area contributed by atoms with E-state index in [-0.39, 0.29) is 23.5 Å². The van der Waals surface area contributed by atoms with Gasteiger partial charge in [0.2, 0.25) is 0 Å². The second-order valence-electron chi connectivity index (χ2n) is 10.1. The van der Waals surface area contributed by atoms with Gasteiger partial charge in [-0.15, -0.1) is 34.3 Å². The Morgan fingerprint density at radius 3 is 2.36 bits per heavy atom. The van der Waals surface area contributed by atoms with Crippen LogP contribution in [0.15, 0.2) is 53.2 Å². The van der Waals surface area contributed by atoms with Gasteiger partial charge in [-0.05, 0) is 43.9 Å². The van der Waals surface area contributed by atoms with Gasteiger partial charge in [0, 0.05) is 40.6 Å². The first-order valence-electron chi connectivity index (χ1n) is 12.1. The van der Waals surface area contributed by atoms with E-state index in [0.717, 1.165) is 16.3 Å². The molecule has 0 aliphatic carbocycles. The van der Waals surface area contributed by atoms with Crippen molar-refractivity contribution in [2.45, 2.75) is 32.3 Å². The average Bonchev–Trinajstić information content (AvgIpc) is 3.61. The number of phenolic OH excluding ortho intramolecular Hbond substituents is 1. The molecule has 2 aromatic carbocycles. The van der Waals surface area contributed by atoms with Gasteiger partial charge in [0.05, 0.1) is 26.8 Å². The van der Waals surface area contributed by atoms with Gasteiger partial charge in [-0.25, -0.2) is 4.79 Å². The van der Waals surface area contributed by atoms with Crippen molar-refractivity contribution in [2.75, 3.05) is 28.0 Å². The van der Waals surface area contributed by atoms with Crippen molar-refractivity contribution in [3.8, 4) is 5.75 Å². The van der Waals surface area contributed by atoms with E-state index in [9.17, 15) is 19.5 Å². The molecule has 0 saturated heterocycles. The Morgan fingerprint density at radius 1 is 1.03 bits per heavy atom. The second kappa shape index (κ2) is 10.5. The zero-order chi connectivity index (χ0) is 27.9. The zero-order valence-electron chi connectivity index (χ0n) is 21.4. The molecule has 1 aliphatic rings. The number of benzene rings is 2. The van der Waals surface area contributed by atoms with Crippen LogP contribution in [0.2, 0.25) is 0 Å². The number of alkyl halides is 1. The number of hydrogen-bond donors (Lipinski definition) is 3. The first kappa shape index (κ1) is 27.0. The molecule has 1 atom stereocenters. The highest BCUT2D eigenvalue weighted by Gasteiger charge is 2.35. The number of anilines is 3. The molecule has 0 spiro atoms. The fourth-order valence-electron chi connectivity index (χ4n) is 4.53. The summed E-state index contributed by atoms with van der Waals surface area (Å²) in [7, 11) is 0. The molecular formula is C28H26ClN3O5S2. The van der Waals surface area contributed by atoms with Crippen LogP contribution in [-0.4, -0.2) is 41.0 Å². The summed E-state index contributed by atoms with van der Waals surface area (Å²) < 4.78 is 5.24. The van der Waals surface area contributed by atoms with E-state index in [4.69, 9.17) is 16.3 Å². The molecule has 5 rings (SSSR count). The maximum atomic E-state index is 13.5. The Kier molecular flexibility index (Phi) is 7.28. The lowest BCUT2D eigenvalue weighted by Gasteiger charge is -2.19. The number of nitrogens with zero attached hydrogens (tertiary/aromatic N) is 1. The predicted octanol–water partition coefficient (Wildman–Crippen LogP) is 7.25. The van der Waals surface area contributed by atoms with Crippen molar-refractivity contribution >= 4 is 80.0 Å². The van der Waals surface area contributed by atoms with Gasteiger partial charge in [0.1, 0.15) is 11.4 Å². The number of rotatable bonds is 5. The molecule has 0 unspecified atom stereocenters. The fraction of sp³-hybridized carbons (Fsp3) is 0.250. The Morgan fingerprint density at radius 2 is 1.67 bits per heavy atom. The minimum absolute atomic E-state index is 0.0717. The molecule has 2 aromatic heterocycles. The van der Waals surface area contributed by atoms with Crippen LogP contribution in [0.4, 0.5) is 21.9 Å². The SMILES string of the molecule is CC(C)(C)OC(=O)Nc1csc(C(=O)Nc2csc(C(=O)N3C[C@@H](CCl)c4c3cc(O)c3ccccc43)c2)c1. The predicted molar refractivity (Wildman–Crippen MR) is 157 cm³/mol. The van der Waals surface area contributed by atoms with Gasteiger partial charge in [0.15, 0.2) is 0 Å². The van der Waals surface area contributed by atoms with Gasteiger partial charge < -0.3 is 20.1 Å². The largest absolute Gasteiger partial charge is 0.507 e. The first-order chi connectivity index (χ1) is 18.5. The van der Waals surface area contributed by atoms with E-state index in [2.05, 4.69) is 10.6 Å². The van der Waals surface area contributed by atoms with Gasteiger partial charge in [-0.2, -0.15) is 0 Å². The summed E-state index contributed by atoms with van der Waals surface area (Å²) in [6.07, 6.45) is -0.602. The van der Waals surface area contributed by atoms with E-state index < -0.39 is 11.7 Å². The fourth-order valence-corrected chi connectivity index (χ4v) is 6.30. The van der Waals surface area contributed by atoms with Gasteiger partial charge in [0.25, 0.3) is 11.8 Å². The number of carbonyl (C=O) groups is 3. The van der Waals surface area contributed by atoms with Crippen LogP contribution < -0.4 is 15.5 Å². The Labute approximate surface area is 238 Å². The second-order valence-corrected chi connectivity index (χ2v) is 12.3. The van der Waals surface area contributed by atoms with Crippen LogP contribution in [0, 0.1) is 0 Å². The van der Waals surface area contributed by atoms with Crippen LogP contribution in [0.25, 0.3) is 10.8 Å². The zero-order valence-corrected chi connectivity index (χ0v) is 23.8. The van der Waals surface area contributed by atoms with Crippen LogP contribution in [-0.2, 0) is 4.74 Å². The van der Waals surface area contributed by atoms with E-state index >= 15 is 0 Å². The number of halogens is 1. The number of hydrogen-bond acceptors (Lipinski definition) is 7. The molecule has 4 aromatic rings. The molecule has 39 heavy (non-hydrogen) atoms. The number of carbonyl (C=O) groups excluding carboxylic acids is 3. The van der Waals surface area contributed by atoms with E-state index in [1.165, 1.54) is 22.7 Å². The Hall–Kier alpha value is -3.60. The molecule has 11 heteroatoms. The van der Waals surface area contributed by atoms with Gasteiger partial charge in [-0.3, -0.25) is 14.9 Å². The molecule has 8 nitrogen and oxygen atoms in total. The number of thiophene rings is 2. The highest BCUT2D eigenvalue weighted by atomic mass is 35.5. The van der Waals surface area contributed by atoms with E-state index in [0.29, 0.717) is 39.2 Å². The number of fused-ring (bicyclic) bond motifs is 3. The minimum atomic E-state index is -0.634. The van der Waals surface area contributed by atoms with Crippen molar-refractivity contribution in [2.24, 2.45) is 0 Å². The number of amides is 3. The van der Waals surface area contributed by atoms with Crippen LogP contribution in [0.1, 0.15) is 51.6 Å². The smallest absolute Gasteiger partial charge is 0.412 e. The van der Waals surface area contributed by atoms with Crippen molar-refractivity contribution in [1.29, 1.82) is 0 Å². The topological polar surface area (TPSA) is 108 Å². The summed E-state index contributed by atoms with van der Waals surface area (Å²) in [6.45, 7) is 5.70. The van der Waals surface area contributed by atoms with Gasteiger partial charge >= 0.3 is 6.09 Å². The number of nitrogens with one attached hydrogen (secondary N) is 2. The Balaban J connectivity index is 1.30. The molecule has 3 N–H and O–H groups in total. The molecule has 3 amide bonds. The molecule has 0 saturated carbocycles. The minimum Gasteiger partial charge on any atom is -0.507 e. The third-order valence-corrected chi connectivity index (χ3v) is 8.33. The third-order valence-electron chi connectivity index (χ3n) is 6.11. The number of aromatic hydroxyl groups is 1. The van der Waals surface area contributed by atoms with Crippen molar-refractivity contribution < 1.29 is 24.2 Å². The first-order valence-corrected chi connectivity index (χ1v) is 14.4. The highest BCUT2D eigenvalue weighted by molar-refractivity contribution is 7.13.